The van der Waals surface area contributed by atoms with Gasteiger partial charge in [0.2, 0.25) is 0 Å². The van der Waals surface area contributed by atoms with E-state index in [0.717, 1.165) is 12.5 Å². The summed E-state index contributed by atoms with van der Waals surface area (Å²) in [6.45, 7) is 1.17. The van der Waals surface area contributed by atoms with Crippen LogP contribution in [0.1, 0.15) is 23.2 Å². The van der Waals surface area contributed by atoms with E-state index >= 15 is 0 Å². The molecule has 0 amide bonds. The van der Waals surface area contributed by atoms with Crippen molar-refractivity contribution in [3.8, 4) is 0 Å². The second kappa shape index (κ2) is 4.70. The number of hydrogen-bond donors (Lipinski definition) is 0. The summed E-state index contributed by atoms with van der Waals surface area (Å²) in [5.41, 5.74) is -0.160. The molecule has 16 heavy (non-hydrogen) atoms. The summed E-state index contributed by atoms with van der Waals surface area (Å²) in [4.78, 5) is 11.7. The number of Topliss-reactive ketones (excluding diaryl/α,β-unsaturated/α-hetero) is 1. The molecule has 2 rings (SSSR count). The van der Waals surface area contributed by atoms with Crippen LogP contribution in [0.5, 0.6) is 0 Å². The molecule has 0 aromatic heterocycles. The largest absolute Gasteiger partial charge is 0.381 e. The molecule has 0 radical (unpaired) electrons. The van der Waals surface area contributed by atoms with Crippen LogP contribution in [-0.2, 0) is 4.74 Å². The number of carbonyl (C=O) groups is 1. The summed E-state index contributed by atoms with van der Waals surface area (Å²) in [6, 6.07) is 3.66. The van der Waals surface area contributed by atoms with E-state index in [2.05, 4.69) is 0 Å². The van der Waals surface area contributed by atoms with Crippen molar-refractivity contribution in [2.24, 2.45) is 5.92 Å². The van der Waals surface area contributed by atoms with Gasteiger partial charge in [-0.2, -0.15) is 0 Å². The summed E-state index contributed by atoms with van der Waals surface area (Å²) < 4.78 is 31.3. The van der Waals surface area contributed by atoms with Gasteiger partial charge in [-0.05, 0) is 24.5 Å². The number of halogens is 2. The van der Waals surface area contributed by atoms with Crippen molar-refractivity contribution in [3.05, 3.63) is 35.4 Å². The Hall–Kier alpha value is -1.29. The molecule has 1 aliphatic heterocycles. The summed E-state index contributed by atoms with van der Waals surface area (Å²) in [6.07, 6.45) is 1.03. The van der Waals surface area contributed by atoms with Crippen LogP contribution in [0.2, 0.25) is 0 Å². The molecule has 2 nitrogen and oxygen atoms in total. The molecule has 1 fully saturated rings. The Balaban J connectivity index is 2.11. The molecule has 4 heteroatoms. The minimum absolute atomic E-state index is 0.134. The Morgan fingerprint density at radius 1 is 1.44 bits per heavy atom. The van der Waals surface area contributed by atoms with Crippen molar-refractivity contribution in [3.63, 3.8) is 0 Å². The third-order valence-electron chi connectivity index (χ3n) is 2.75. The quantitative estimate of drug-likeness (QED) is 0.740. The van der Waals surface area contributed by atoms with Crippen LogP contribution in [0.15, 0.2) is 18.2 Å². The zero-order valence-electron chi connectivity index (χ0n) is 8.71. The van der Waals surface area contributed by atoms with E-state index < -0.39 is 11.6 Å². The van der Waals surface area contributed by atoms with Gasteiger partial charge in [-0.3, -0.25) is 4.79 Å². The molecule has 86 valence electrons. The van der Waals surface area contributed by atoms with Gasteiger partial charge in [0.05, 0.1) is 5.56 Å². The van der Waals surface area contributed by atoms with Crippen LogP contribution in [0, 0.1) is 17.6 Å². The maximum Gasteiger partial charge on any atom is 0.169 e. The van der Waals surface area contributed by atoms with Crippen molar-refractivity contribution in [1.82, 2.24) is 0 Å². The molecule has 0 bridgehead atoms. The van der Waals surface area contributed by atoms with E-state index in [9.17, 15) is 13.6 Å². The van der Waals surface area contributed by atoms with E-state index in [0.29, 0.717) is 13.2 Å². The number of hydrogen-bond acceptors (Lipinski definition) is 2. The number of ketones is 1. The van der Waals surface area contributed by atoms with Crippen molar-refractivity contribution in [2.75, 3.05) is 13.2 Å². The molecule has 0 aliphatic carbocycles. The van der Waals surface area contributed by atoms with Crippen LogP contribution in [-0.4, -0.2) is 19.0 Å². The Bertz CT molecular complexity index is 398. The fraction of sp³-hybridized carbons (Fsp3) is 0.417. The average molecular weight is 226 g/mol. The van der Waals surface area contributed by atoms with Crippen LogP contribution in [0.4, 0.5) is 8.78 Å². The van der Waals surface area contributed by atoms with E-state index in [1.807, 2.05) is 0 Å². The van der Waals surface area contributed by atoms with Crippen LogP contribution in [0.3, 0.4) is 0 Å². The normalized spacial score (nSPS) is 20.0. The maximum absolute atomic E-state index is 13.3. The predicted octanol–water partition coefficient (Wildman–Crippen LogP) is 2.57. The molecule has 1 aromatic rings. The van der Waals surface area contributed by atoms with Crippen LogP contribution >= 0.6 is 0 Å². The van der Waals surface area contributed by atoms with Gasteiger partial charge in [-0.25, -0.2) is 8.78 Å². The SMILES string of the molecule is O=C(CC1CCOC1)c1cccc(F)c1F. The van der Waals surface area contributed by atoms with Gasteiger partial charge < -0.3 is 4.74 Å². The summed E-state index contributed by atoms with van der Waals surface area (Å²) in [5.74, 6) is -2.25. The first-order valence-corrected chi connectivity index (χ1v) is 5.23. The van der Waals surface area contributed by atoms with Crippen molar-refractivity contribution in [1.29, 1.82) is 0 Å². The molecule has 1 unspecified atom stereocenters. The number of benzene rings is 1. The molecular formula is C12H12F2O2. The average Bonchev–Trinajstić information content (AvgIpc) is 2.74. The van der Waals surface area contributed by atoms with E-state index in [1.165, 1.54) is 12.1 Å². The van der Waals surface area contributed by atoms with Crippen molar-refractivity contribution >= 4 is 5.78 Å². The Morgan fingerprint density at radius 2 is 2.25 bits per heavy atom. The minimum Gasteiger partial charge on any atom is -0.381 e. The highest BCUT2D eigenvalue weighted by molar-refractivity contribution is 5.96. The first-order chi connectivity index (χ1) is 7.68. The molecule has 1 atom stereocenters. The van der Waals surface area contributed by atoms with Gasteiger partial charge in [0, 0.05) is 19.6 Å². The lowest BCUT2D eigenvalue weighted by Crippen LogP contribution is -2.11. The molecular weight excluding hydrogens is 214 g/mol. The summed E-state index contributed by atoms with van der Waals surface area (Å²) >= 11 is 0. The highest BCUT2D eigenvalue weighted by Crippen LogP contribution is 2.21. The van der Waals surface area contributed by atoms with E-state index in [-0.39, 0.29) is 23.7 Å². The summed E-state index contributed by atoms with van der Waals surface area (Å²) in [5, 5.41) is 0. The van der Waals surface area contributed by atoms with Crippen LogP contribution < -0.4 is 0 Å². The zero-order valence-corrected chi connectivity index (χ0v) is 8.71. The number of ether oxygens (including phenoxy) is 1. The second-order valence-electron chi connectivity index (χ2n) is 3.96. The fourth-order valence-corrected chi connectivity index (χ4v) is 1.84. The lowest BCUT2D eigenvalue weighted by Gasteiger charge is -2.07. The molecule has 1 heterocycles. The van der Waals surface area contributed by atoms with Gasteiger partial charge >= 0.3 is 0 Å². The third kappa shape index (κ3) is 2.27. The second-order valence-corrected chi connectivity index (χ2v) is 3.96. The van der Waals surface area contributed by atoms with Crippen molar-refractivity contribution in [2.45, 2.75) is 12.8 Å². The lowest BCUT2D eigenvalue weighted by molar-refractivity contribution is 0.0948. The number of carbonyl (C=O) groups excluding carboxylic acids is 1. The van der Waals surface area contributed by atoms with Gasteiger partial charge in [-0.15, -0.1) is 0 Å². The Kier molecular flexibility index (Phi) is 3.29. The first kappa shape index (κ1) is 11.2. The first-order valence-electron chi connectivity index (χ1n) is 5.23. The molecule has 0 spiro atoms. The molecule has 1 saturated heterocycles. The molecule has 0 N–H and O–H groups in total. The topological polar surface area (TPSA) is 26.3 Å². The van der Waals surface area contributed by atoms with E-state index in [4.69, 9.17) is 4.74 Å². The third-order valence-corrected chi connectivity index (χ3v) is 2.75. The fourth-order valence-electron chi connectivity index (χ4n) is 1.84. The van der Waals surface area contributed by atoms with Gasteiger partial charge in [0.1, 0.15) is 0 Å². The standard InChI is InChI=1S/C12H12F2O2/c13-10-3-1-2-9(12(10)14)11(15)6-8-4-5-16-7-8/h1-3,8H,4-7H2. The Labute approximate surface area is 92.2 Å². The highest BCUT2D eigenvalue weighted by Gasteiger charge is 2.22. The van der Waals surface area contributed by atoms with E-state index in [1.54, 1.807) is 0 Å². The molecule has 0 saturated carbocycles. The predicted molar refractivity (Wildman–Crippen MR) is 54.2 cm³/mol. The molecule has 1 aliphatic rings. The zero-order chi connectivity index (χ0) is 11.5. The monoisotopic (exact) mass is 226 g/mol. The van der Waals surface area contributed by atoms with Gasteiger partial charge in [0.25, 0.3) is 0 Å². The van der Waals surface area contributed by atoms with Gasteiger partial charge in [0.15, 0.2) is 17.4 Å². The van der Waals surface area contributed by atoms with Crippen molar-refractivity contribution < 1.29 is 18.3 Å². The summed E-state index contributed by atoms with van der Waals surface area (Å²) in [7, 11) is 0. The highest BCUT2D eigenvalue weighted by atomic mass is 19.2. The minimum atomic E-state index is -1.05. The van der Waals surface area contributed by atoms with Crippen LogP contribution in [0.25, 0.3) is 0 Å². The smallest absolute Gasteiger partial charge is 0.169 e. The van der Waals surface area contributed by atoms with Gasteiger partial charge in [-0.1, -0.05) is 6.07 Å². The number of rotatable bonds is 3. The lowest BCUT2D eigenvalue weighted by atomic mass is 9.97. The molecule has 1 aromatic carbocycles. The Morgan fingerprint density at radius 3 is 2.94 bits per heavy atom. The maximum atomic E-state index is 13.3.